The standard InChI is InChI=1S/C22H36O3/c1-4-5-6-7-10-22(2,3)18-8-9-20(21(25)14-18)17-11-16(15-23)12-19(24)13-17/h8-9,14,16-17,19,23-25H,4-7,10-13,15H2,1-3H3/t16-,17+,19-/m1/s1. The minimum atomic E-state index is -0.384. The molecule has 1 fully saturated rings. The van der Waals surface area contributed by atoms with Crippen molar-refractivity contribution in [2.75, 3.05) is 6.61 Å². The summed E-state index contributed by atoms with van der Waals surface area (Å²) in [5.41, 5.74) is 2.16. The first kappa shape index (κ1) is 20.3. The molecule has 1 aromatic carbocycles. The Balaban J connectivity index is 2.09. The fraction of sp³-hybridized carbons (Fsp3) is 0.727. The van der Waals surface area contributed by atoms with Gasteiger partial charge in [0.25, 0.3) is 0 Å². The molecular formula is C22H36O3. The SMILES string of the molecule is CCCCCCC(C)(C)c1ccc([C@@H]2C[C@H](O)C[C@H](CO)C2)c(O)c1. The molecule has 0 unspecified atom stereocenters. The number of aliphatic hydroxyl groups excluding tert-OH is 2. The Bertz CT molecular complexity index is 538. The monoisotopic (exact) mass is 348 g/mol. The van der Waals surface area contributed by atoms with Crippen molar-refractivity contribution >= 4 is 0 Å². The highest BCUT2D eigenvalue weighted by Crippen LogP contribution is 2.41. The molecule has 0 heterocycles. The van der Waals surface area contributed by atoms with E-state index in [-0.39, 0.29) is 30.0 Å². The predicted molar refractivity (Wildman–Crippen MR) is 103 cm³/mol. The van der Waals surface area contributed by atoms with E-state index in [1.54, 1.807) is 0 Å². The molecule has 1 aliphatic rings. The van der Waals surface area contributed by atoms with Gasteiger partial charge in [-0.3, -0.25) is 0 Å². The first-order valence-electron chi connectivity index (χ1n) is 9.99. The lowest BCUT2D eigenvalue weighted by atomic mass is 9.75. The van der Waals surface area contributed by atoms with E-state index in [0.717, 1.165) is 18.4 Å². The second-order valence-electron chi connectivity index (χ2n) is 8.57. The largest absolute Gasteiger partial charge is 0.508 e. The number of rotatable bonds is 8. The lowest BCUT2D eigenvalue weighted by molar-refractivity contribution is 0.0646. The molecule has 2 rings (SSSR count). The number of hydrogen-bond donors (Lipinski definition) is 3. The van der Waals surface area contributed by atoms with Crippen LogP contribution in [0.2, 0.25) is 0 Å². The maximum absolute atomic E-state index is 10.6. The maximum atomic E-state index is 10.6. The van der Waals surface area contributed by atoms with E-state index in [0.29, 0.717) is 18.6 Å². The average molecular weight is 349 g/mol. The summed E-state index contributed by atoms with van der Waals surface area (Å²) in [5.74, 6) is 0.598. The Morgan fingerprint density at radius 2 is 1.84 bits per heavy atom. The molecule has 0 amide bonds. The van der Waals surface area contributed by atoms with E-state index < -0.39 is 0 Å². The van der Waals surface area contributed by atoms with E-state index in [2.05, 4.69) is 26.8 Å². The third-order valence-corrected chi connectivity index (χ3v) is 5.95. The summed E-state index contributed by atoms with van der Waals surface area (Å²) < 4.78 is 0. The van der Waals surface area contributed by atoms with Crippen LogP contribution in [0.1, 0.15) is 89.2 Å². The van der Waals surface area contributed by atoms with Gasteiger partial charge < -0.3 is 15.3 Å². The minimum absolute atomic E-state index is 0.0590. The van der Waals surface area contributed by atoms with Gasteiger partial charge in [0.05, 0.1) is 6.10 Å². The number of unbranched alkanes of at least 4 members (excludes halogenated alkanes) is 3. The van der Waals surface area contributed by atoms with Crippen LogP contribution in [0.3, 0.4) is 0 Å². The van der Waals surface area contributed by atoms with E-state index in [9.17, 15) is 15.3 Å². The predicted octanol–water partition coefficient (Wildman–Crippen LogP) is 4.88. The molecule has 1 aromatic rings. The van der Waals surface area contributed by atoms with E-state index in [1.807, 2.05) is 12.1 Å². The summed E-state index contributed by atoms with van der Waals surface area (Å²) in [7, 11) is 0. The third-order valence-electron chi connectivity index (χ3n) is 5.95. The van der Waals surface area contributed by atoms with Gasteiger partial charge in [-0.2, -0.15) is 0 Å². The molecule has 1 saturated carbocycles. The van der Waals surface area contributed by atoms with Gasteiger partial charge in [-0.25, -0.2) is 0 Å². The van der Waals surface area contributed by atoms with Crippen molar-refractivity contribution in [2.45, 2.75) is 89.6 Å². The highest BCUT2D eigenvalue weighted by Gasteiger charge is 2.30. The van der Waals surface area contributed by atoms with Gasteiger partial charge in [-0.05, 0) is 60.1 Å². The normalized spacial score (nSPS) is 24.4. The maximum Gasteiger partial charge on any atom is 0.119 e. The van der Waals surface area contributed by atoms with Crippen LogP contribution in [0.5, 0.6) is 5.75 Å². The topological polar surface area (TPSA) is 60.7 Å². The molecule has 1 aliphatic carbocycles. The van der Waals surface area contributed by atoms with E-state index in [4.69, 9.17) is 0 Å². The van der Waals surface area contributed by atoms with Crippen LogP contribution < -0.4 is 0 Å². The molecule has 0 radical (unpaired) electrons. The fourth-order valence-electron chi connectivity index (χ4n) is 4.26. The van der Waals surface area contributed by atoms with Gasteiger partial charge in [0.2, 0.25) is 0 Å². The molecular weight excluding hydrogens is 312 g/mol. The molecule has 0 spiro atoms. The molecule has 3 atom stereocenters. The van der Waals surface area contributed by atoms with Crippen LogP contribution >= 0.6 is 0 Å². The Hall–Kier alpha value is -1.06. The quantitative estimate of drug-likeness (QED) is 0.587. The van der Waals surface area contributed by atoms with Crippen LogP contribution in [0.4, 0.5) is 0 Å². The zero-order valence-corrected chi connectivity index (χ0v) is 16.2. The summed E-state index contributed by atoms with van der Waals surface area (Å²) in [4.78, 5) is 0. The van der Waals surface area contributed by atoms with Crippen molar-refractivity contribution in [3.05, 3.63) is 29.3 Å². The third kappa shape index (κ3) is 5.46. The number of aliphatic hydroxyl groups is 2. The summed E-state index contributed by atoms with van der Waals surface area (Å²) >= 11 is 0. The van der Waals surface area contributed by atoms with Gasteiger partial charge >= 0.3 is 0 Å². The minimum Gasteiger partial charge on any atom is -0.508 e. The second-order valence-corrected chi connectivity index (χ2v) is 8.57. The first-order chi connectivity index (χ1) is 11.9. The molecule has 0 bridgehead atoms. The number of aromatic hydroxyl groups is 1. The second kappa shape index (κ2) is 9.05. The lowest BCUT2D eigenvalue weighted by Gasteiger charge is -2.33. The van der Waals surface area contributed by atoms with Gasteiger partial charge in [0.15, 0.2) is 0 Å². The zero-order valence-electron chi connectivity index (χ0n) is 16.2. The molecule has 3 heteroatoms. The van der Waals surface area contributed by atoms with Crippen LogP contribution in [-0.2, 0) is 5.41 Å². The number of phenolic OH excluding ortho intramolecular Hbond substituents is 1. The average Bonchev–Trinajstić information content (AvgIpc) is 2.58. The van der Waals surface area contributed by atoms with E-state index >= 15 is 0 Å². The van der Waals surface area contributed by atoms with Crippen molar-refractivity contribution in [1.29, 1.82) is 0 Å². The van der Waals surface area contributed by atoms with Crippen molar-refractivity contribution in [3.8, 4) is 5.75 Å². The summed E-state index contributed by atoms with van der Waals surface area (Å²) in [5, 5.41) is 30.1. The lowest BCUT2D eigenvalue weighted by Crippen LogP contribution is -2.27. The molecule has 0 saturated heterocycles. The molecule has 0 aromatic heterocycles. The highest BCUT2D eigenvalue weighted by molar-refractivity contribution is 5.41. The highest BCUT2D eigenvalue weighted by atomic mass is 16.3. The molecule has 3 N–H and O–H groups in total. The number of phenols is 1. The Kier molecular flexibility index (Phi) is 7.33. The Labute approximate surface area is 153 Å². The van der Waals surface area contributed by atoms with Crippen LogP contribution in [-0.4, -0.2) is 28.0 Å². The molecule has 0 aliphatic heterocycles. The van der Waals surface area contributed by atoms with Crippen LogP contribution in [0.15, 0.2) is 18.2 Å². The summed E-state index contributed by atoms with van der Waals surface area (Å²) in [6.07, 6.45) is 7.93. The number of benzene rings is 1. The van der Waals surface area contributed by atoms with Gasteiger partial charge in [-0.1, -0.05) is 58.6 Å². The fourth-order valence-corrected chi connectivity index (χ4v) is 4.26. The zero-order chi connectivity index (χ0) is 18.4. The molecule has 3 nitrogen and oxygen atoms in total. The number of hydrogen-bond acceptors (Lipinski definition) is 3. The van der Waals surface area contributed by atoms with Crippen molar-refractivity contribution in [3.63, 3.8) is 0 Å². The smallest absolute Gasteiger partial charge is 0.119 e. The summed E-state index contributed by atoms with van der Waals surface area (Å²) in [6.45, 7) is 6.84. The van der Waals surface area contributed by atoms with Gasteiger partial charge in [0.1, 0.15) is 5.75 Å². The Morgan fingerprint density at radius 3 is 2.48 bits per heavy atom. The van der Waals surface area contributed by atoms with Crippen molar-refractivity contribution < 1.29 is 15.3 Å². The van der Waals surface area contributed by atoms with Gasteiger partial charge in [-0.15, -0.1) is 0 Å². The molecule has 142 valence electrons. The first-order valence-corrected chi connectivity index (χ1v) is 9.99. The van der Waals surface area contributed by atoms with Crippen molar-refractivity contribution in [2.24, 2.45) is 5.92 Å². The molecule has 25 heavy (non-hydrogen) atoms. The summed E-state index contributed by atoms with van der Waals surface area (Å²) in [6, 6.07) is 6.10. The Morgan fingerprint density at radius 1 is 1.08 bits per heavy atom. The van der Waals surface area contributed by atoms with Gasteiger partial charge in [0, 0.05) is 6.61 Å². The van der Waals surface area contributed by atoms with Crippen LogP contribution in [0, 0.1) is 5.92 Å². The van der Waals surface area contributed by atoms with Crippen LogP contribution in [0.25, 0.3) is 0 Å². The van der Waals surface area contributed by atoms with E-state index in [1.165, 1.54) is 31.2 Å². The van der Waals surface area contributed by atoms with Crippen molar-refractivity contribution in [1.82, 2.24) is 0 Å².